The highest BCUT2D eigenvalue weighted by Gasteiger charge is 2.51. The molecule has 0 unspecified atom stereocenters. The van der Waals surface area contributed by atoms with Crippen molar-refractivity contribution in [2.45, 2.75) is 63.2 Å². The molecule has 0 aromatic carbocycles. The van der Waals surface area contributed by atoms with Gasteiger partial charge in [0.05, 0.1) is 17.4 Å². The van der Waals surface area contributed by atoms with E-state index in [2.05, 4.69) is 49.8 Å². The first kappa shape index (κ1) is 16.2. The minimum Gasteiger partial charge on any atom is -0.455 e. The average molecular weight is 337 g/mol. The second-order valence-electron chi connectivity index (χ2n) is 6.97. The molecule has 5 heteroatoms. The van der Waals surface area contributed by atoms with Gasteiger partial charge in [0, 0.05) is 0 Å². The number of hydrogen-bond acceptors (Lipinski definition) is 3. The lowest BCUT2D eigenvalue weighted by atomic mass is 9.98. The molecule has 0 spiro atoms. The summed E-state index contributed by atoms with van der Waals surface area (Å²) in [7, 11) is -1.81. The van der Waals surface area contributed by atoms with Crippen molar-refractivity contribution in [3.05, 3.63) is 0 Å². The number of esters is 1. The van der Waals surface area contributed by atoms with Crippen molar-refractivity contribution in [3.63, 3.8) is 0 Å². The van der Waals surface area contributed by atoms with E-state index in [0.29, 0.717) is 6.61 Å². The Bertz CT molecular complexity index is 338. The van der Waals surface area contributed by atoms with Crippen molar-refractivity contribution in [2.75, 3.05) is 6.61 Å². The minimum atomic E-state index is -1.81. The molecule has 1 heterocycles. The topological polar surface area (TPSA) is 35.5 Å². The maximum absolute atomic E-state index is 11.6. The lowest BCUT2D eigenvalue weighted by molar-refractivity contribution is -0.151. The van der Waals surface area contributed by atoms with E-state index in [4.69, 9.17) is 9.16 Å². The summed E-state index contributed by atoms with van der Waals surface area (Å²) in [4.78, 5) is 11.6. The van der Waals surface area contributed by atoms with Crippen LogP contribution in [0.15, 0.2) is 0 Å². The van der Waals surface area contributed by atoms with E-state index in [1.807, 2.05) is 13.8 Å². The van der Waals surface area contributed by atoms with E-state index in [9.17, 15) is 4.79 Å². The van der Waals surface area contributed by atoms with Crippen molar-refractivity contribution in [1.29, 1.82) is 0 Å². The largest absolute Gasteiger partial charge is 0.455 e. The van der Waals surface area contributed by atoms with Gasteiger partial charge in [0.25, 0.3) is 0 Å². The quantitative estimate of drug-likeness (QED) is 0.447. The summed E-state index contributed by atoms with van der Waals surface area (Å²) in [6, 6.07) is 0. The number of rotatable bonds is 3. The van der Waals surface area contributed by atoms with Crippen molar-refractivity contribution in [3.8, 4) is 0 Å². The minimum absolute atomic E-state index is 0.0160. The summed E-state index contributed by atoms with van der Waals surface area (Å²) in [6.45, 7) is 15.3. The van der Waals surface area contributed by atoms with Gasteiger partial charge >= 0.3 is 5.97 Å². The fourth-order valence-corrected chi connectivity index (χ4v) is 3.20. The molecular weight excluding hydrogens is 312 g/mol. The van der Waals surface area contributed by atoms with Gasteiger partial charge < -0.3 is 9.16 Å². The summed E-state index contributed by atoms with van der Waals surface area (Å²) in [5.74, 6) is -0.253. The number of ether oxygens (including phenoxy) is 1. The van der Waals surface area contributed by atoms with Crippen molar-refractivity contribution in [1.82, 2.24) is 0 Å². The molecule has 1 fully saturated rings. The Kier molecular flexibility index (Phi) is 4.41. The van der Waals surface area contributed by atoms with Gasteiger partial charge in [0.1, 0.15) is 5.60 Å². The molecule has 0 amide bonds. The van der Waals surface area contributed by atoms with E-state index < -0.39 is 13.9 Å². The van der Waals surface area contributed by atoms with Crippen LogP contribution in [0, 0.1) is 5.92 Å². The van der Waals surface area contributed by atoms with Crippen LogP contribution in [-0.4, -0.2) is 31.3 Å². The molecule has 0 aromatic rings. The molecule has 18 heavy (non-hydrogen) atoms. The zero-order chi connectivity index (χ0) is 14.4. The zero-order valence-corrected chi connectivity index (χ0v) is 15.1. The number of carbonyl (C=O) groups is 1. The number of hydrogen-bond donors (Lipinski definition) is 0. The monoisotopic (exact) mass is 336 g/mol. The molecule has 0 aromatic heterocycles. The Morgan fingerprint density at radius 3 is 2.28 bits per heavy atom. The van der Waals surface area contributed by atoms with Gasteiger partial charge in [-0.05, 0) is 25.1 Å². The standard InChI is InChI=1S/C13H25BrO3Si/c1-9-10(14)13(5,17-11(9)15)8-16-18(6,7)12(2,3)4/h9-10H,8H2,1-7H3/t9-,10-,13+/m1/s1. The predicted molar refractivity (Wildman–Crippen MR) is 79.5 cm³/mol. The molecule has 0 saturated carbocycles. The van der Waals surface area contributed by atoms with Crippen molar-refractivity contribution < 1.29 is 14.0 Å². The molecule has 3 atom stereocenters. The van der Waals surface area contributed by atoms with Crippen LogP contribution in [0.2, 0.25) is 18.1 Å². The van der Waals surface area contributed by atoms with Gasteiger partial charge in [0.15, 0.2) is 8.32 Å². The lowest BCUT2D eigenvalue weighted by Crippen LogP contribution is -2.47. The molecular formula is C13H25BrO3Si. The van der Waals surface area contributed by atoms with Crippen LogP contribution >= 0.6 is 15.9 Å². The highest BCUT2D eigenvalue weighted by molar-refractivity contribution is 9.09. The number of carbonyl (C=O) groups excluding carboxylic acids is 1. The summed E-state index contributed by atoms with van der Waals surface area (Å²) in [6.07, 6.45) is 0. The normalized spacial score (nSPS) is 33.7. The maximum atomic E-state index is 11.6. The molecule has 1 rings (SSSR count). The third kappa shape index (κ3) is 2.99. The van der Waals surface area contributed by atoms with Crippen LogP contribution < -0.4 is 0 Å². The Balaban J connectivity index is 2.72. The summed E-state index contributed by atoms with van der Waals surface area (Å²) in [5, 5.41) is 0.166. The second kappa shape index (κ2) is 4.91. The Hall–Kier alpha value is 0.127. The van der Waals surface area contributed by atoms with E-state index in [1.54, 1.807) is 0 Å². The molecule has 0 aliphatic carbocycles. The van der Waals surface area contributed by atoms with Crippen molar-refractivity contribution in [2.24, 2.45) is 5.92 Å². The highest BCUT2D eigenvalue weighted by Crippen LogP contribution is 2.41. The first-order chi connectivity index (χ1) is 7.91. The first-order valence-corrected chi connectivity index (χ1v) is 10.2. The maximum Gasteiger partial charge on any atom is 0.310 e. The smallest absolute Gasteiger partial charge is 0.310 e. The first-order valence-electron chi connectivity index (χ1n) is 6.41. The molecule has 1 aliphatic rings. The molecule has 0 bridgehead atoms. The van der Waals surface area contributed by atoms with Crippen LogP contribution in [0.1, 0.15) is 34.6 Å². The van der Waals surface area contributed by atoms with Gasteiger partial charge in [-0.1, -0.05) is 43.6 Å². The molecule has 3 nitrogen and oxygen atoms in total. The van der Waals surface area contributed by atoms with Crippen LogP contribution in [-0.2, 0) is 14.0 Å². The van der Waals surface area contributed by atoms with Crippen LogP contribution in [0.5, 0.6) is 0 Å². The summed E-state index contributed by atoms with van der Waals surface area (Å²) < 4.78 is 11.7. The molecule has 0 radical (unpaired) electrons. The Morgan fingerprint density at radius 2 is 1.94 bits per heavy atom. The van der Waals surface area contributed by atoms with E-state index >= 15 is 0 Å². The average Bonchev–Trinajstić information content (AvgIpc) is 2.40. The summed E-state index contributed by atoms with van der Waals surface area (Å²) in [5.41, 5.74) is -0.550. The van der Waals surface area contributed by atoms with Gasteiger partial charge in [-0.25, -0.2) is 0 Å². The van der Waals surface area contributed by atoms with E-state index in [1.165, 1.54) is 0 Å². The highest BCUT2D eigenvalue weighted by atomic mass is 79.9. The zero-order valence-electron chi connectivity index (χ0n) is 12.5. The van der Waals surface area contributed by atoms with Crippen LogP contribution in [0.4, 0.5) is 0 Å². The molecule has 0 N–H and O–H groups in total. The Labute approximate surface area is 120 Å². The fourth-order valence-electron chi connectivity index (χ4n) is 1.68. The molecule has 106 valence electrons. The predicted octanol–water partition coefficient (Wildman–Crippen LogP) is 3.72. The van der Waals surface area contributed by atoms with Crippen molar-refractivity contribution >= 4 is 30.2 Å². The van der Waals surface area contributed by atoms with Crippen LogP contribution in [0.3, 0.4) is 0 Å². The molecule has 1 saturated heterocycles. The number of alkyl halides is 1. The number of cyclic esters (lactones) is 1. The molecule has 1 aliphatic heterocycles. The van der Waals surface area contributed by atoms with Crippen LogP contribution in [0.25, 0.3) is 0 Å². The fraction of sp³-hybridized carbons (Fsp3) is 0.923. The third-order valence-electron chi connectivity index (χ3n) is 4.25. The van der Waals surface area contributed by atoms with Gasteiger partial charge in [-0.3, -0.25) is 4.79 Å². The second-order valence-corrected chi connectivity index (χ2v) is 12.8. The third-order valence-corrected chi connectivity index (χ3v) is 10.5. The number of halogens is 1. The van der Waals surface area contributed by atoms with Gasteiger partial charge in [-0.15, -0.1) is 0 Å². The van der Waals surface area contributed by atoms with Gasteiger partial charge in [0.2, 0.25) is 0 Å². The SMILES string of the molecule is C[C@H]1C(=O)O[C@@](C)(CO[Si](C)(C)C(C)(C)C)[C@@H]1Br. The van der Waals surface area contributed by atoms with E-state index in [0.717, 1.165) is 0 Å². The summed E-state index contributed by atoms with van der Waals surface area (Å²) >= 11 is 3.57. The lowest BCUT2D eigenvalue weighted by Gasteiger charge is -2.39. The van der Waals surface area contributed by atoms with Gasteiger partial charge in [-0.2, -0.15) is 0 Å². The van der Waals surface area contributed by atoms with E-state index in [-0.39, 0.29) is 21.8 Å². The Morgan fingerprint density at radius 1 is 1.44 bits per heavy atom.